The third-order valence-corrected chi connectivity index (χ3v) is 3.82. The molecule has 0 radical (unpaired) electrons. The van der Waals surface area contributed by atoms with E-state index < -0.39 is 4.92 Å². The highest BCUT2D eigenvalue weighted by atomic mass is 16.6. The zero-order valence-electron chi connectivity index (χ0n) is 14.8. The van der Waals surface area contributed by atoms with E-state index in [4.69, 9.17) is 4.74 Å². The van der Waals surface area contributed by atoms with Crippen LogP contribution in [0.25, 0.3) is 0 Å². The Morgan fingerprint density at radius 1 is 1.30 bits per heavy atom. The minimum Gasteiger partial charge on any atom is -0.464 e. The summed E-state index contributed by atoms with van der Waals surface area (Å²) in [6, 6.07) is 9.50. The van der Waals surface area contributed by atoms with Crippen molar-refractivity contribution in [1.82, 2.24) is 24.9 Å². The van der Waals surface area contributed by atoms with Gasteiger partial charge in [0.1, 0.15) is 5.69 Å². The molecular weight excluding hydrogens is 352 g/mol. The number of nitro groups is 1. The van der Waals surface area contributed by atoms with Gasteiger partial charge in [-0.15, -0.1) is 0 Å². The summed E-state index contributed by atoms with van der Waals surface area (Å²) in [4.78, 5) is 22.7. The Kier molecular flexibility index (Phi) is 5.15. The average Bonchev–Trinajstić information content (AvgIpc) is 3.24. The molecule has 0 bridgehead atoms. The quantitative estimate of drug-likeness (QED) is 0.501. The molecule has 2 aromatic heterocycles. The number of benzene rings is 1. The second-order valence-corrected chi connectivity index (χ2v) is 5.82. The van der Waals surface area contributed by atoms with E-state index in [-0.39, 0.29) is 29.8 Å². The van der Waals surface area contributed by atoms with Crippen molar-refractivity contribution < 1.29 is 14.5 Å². The summed E-state index contributed by atoms with van der Waals surface area (Å²) in [6.07, 6.45) is 1.57. The van der Waals surface area contributed by atoms with Crippen molar-refractivity contribution >= 4 is 11.6 Å². The van der Waals surface area contributed by atoms with Crippen LogP contribution in [-0.2, 0) is 20.3 Å². The number of nitro benzene ring substituents is 1. The van der Waals surface area contributed by atoms with Crippen molar-refractivity contribution in [3.63, 3.8) is 0 Å². The lowest BCUT2D eigenvalue weighted by Crippen LogP contribution is -2.24. The Hall–Kier alpha value is -3.69. The largest absolute Gasteiger partial charge is 0.464 e. The van der Waals surface area contributed by atoms with Gasteiger partial charge in [0.05, 0.1) is 22.9 Å². The van der Waals surface area contributed by atoms with Gasteiger partial charge < -0.3 is 10.1 Å². The summed E-state index contributed by atoms with van der Waals surface area (Å²) in [5.74, 6) is -0.200. The van der Waals surface area contributed by atoms with Crippen molar-refractivity contribution in [1.29, 1.82) is 0 Å². The highest BCUT2D eigenvalue weighted by molar-refractivity contribution is 5.92. The van der Waals surface area contributed by atoms with Crippen LogP contribution in [0, 0.1) is 17.0 Å². The molecule has 2 heterocycles. The summed E-state index contributed by atoms with van der Waals surface area (Å²) in [5, 5.41) is 22.1. The minimum atomic E-state index is -0.516. The summed E-state index contributed by atoms with van der Waals surface area (Å²) in [6.45, 7) is 2.15. The SMILES string of the molecule is Cc1cc(CNC(=O)c2ccn(COc3ccccc3[N+](=O)[O-])n2)n(C)n1. The Morgan fingerprint density at radius 3 is 2.78 bits per heavy atom. The summed E-state index contributed by atoms with van der Waals surface area (Å²) in [5.41, 5.74) is 1.84. The van der Waals surface area contributed by atoms with Gasteiger partial charge in [0.25, 0.3) is 5.91 Å². The molecule has 1 aromatic carbocycles. The summed E-state index contributed by atoms with van der Waals surface area (Å²) < 4.78 is 8.53. The maximum atomic E-state index is 12.2. The molecule has 0 aliphatic carbocycles. The van der Waals surface area contributed by atoms with Crippen LogP contribution < -0.4 is 10.1 Å². The first-order valence-electron chi connectivity index (χ1n) is 8.11. The number of hydrogen-bond acceptors (Lipinski definition) is 6. The molecule has 27 heavy (non-hydrogen) atoms. The second-order valence-electron chi connectivity index (χ2n) is 5.82. The van der Waals surface area contributed by atoms with Crippen molar-refractivity contribution in [3.8, 4) is 5.75 Å². The first-order chi connectivity index (χ1) is 12.9. The lowest BCUT2D eigenvalue weighted by molar-refractivity contribution is -0.386. The lowest BCUT2D eigenvalue weighted by Gasteiger charge is -2.06. The number of aromatic nitrogens is 4. The molecule has 0 spiro atoms. The maximum Gasteiger partial charge on any atom is 0.311 e. The first kappa shape index (κ1) is 18.1. The van der Waals surface area contributed by atoms with Crippen LogP contribution in [0.2, 0.25) is 0 Å². The normalized spacial score (nSPS) is 10.6. The minimum absolute atomic E-state index is 0.0565. The number of rotatable bonds is 7. The van der Waals surface area contributed by atoms with Gasteiger partial charge in [-0.3, -0.25) is 19.6 Å². The van der Waals surface area contributed by atoms with E-state index in [2.05, 4.69) is 15.5 Å². The number of carbonyl (C=O) groups excluding carboxylic acids is 1. The monoisotopic (exact) mass is 370 g/mol. The molecule has 1 amide bonds. The molecule has 3 rings (SSSR count). The third kappa shape index (κ3) is 4.29. The Labute approximate surface area is 154 Å². The molecule has 10 heteroatoms. The van der Waals surface area contributed by atoms with E-state index >= 15 is 0 Å². The van der Waals surface area contributed by atoms with Crippen LogP contribution in [0.1, 0.15) is 21.9 Å². The number of amides is 1. The molecule has 0 fully saturated rings. The lowest BCUT2D eigenvalue weighted by atomic mass is 10.3. The third-order valence-electron chi connectivity index (χ3n) is 3.82. The Bertz CT molecular complexity index is 977. The molecule has 0 atom stereocenters. The Balaban J connectivity index is 1.59. The van der Waals surface area contributed by atoms with Crippen molar-refractivity contribution in [2.45, 2.75) is 20.2 Å². The molecule has 0 unspecified atom stereocenters. The second kappa shape index (κ2) is 7.68. The topological polar surface area (TPSA) is 117 Å². The number of carbonyl (C=O) groups is 1. The number of nitrogens with one attached hydrogen (secondary N) is 1. The van der Waals surface area contributed by atoms with E-state index in [0.29, 0.717) is 6.54 Å². The highest BCUT2D eigenvalue weighted by Crippen LogP contribution is 2.25. The Morgan fingerprint density at radius 2 is 2.07 bits per heavy atom. The van der Waals surface area contributed by atoms with E-state index in [0.717, 1.165) is 11.4 Å². The molecule has 0 saturated heterocycles. The van der Waals surface area contributed by atoms with Crippen LogP contribution in [0.5, 0.6) is 5.75 Å². The maximum absolute atomic E-state index is 12.2. The standard InChI is InChI=1S/C17H18N6O4/c1-12-9-13(21(2)19-12)10-18-17(24)14-7-8-22(20-14)11-27-16-6-4-3-5-15(16)23(25)26/h3-9H,10-11H2,1-2H3,(H,18,24). The van der Waals surface area contributed by atoms with E-state index in [1.165, 1.54) is 16.8 Å². The van der Waals surface area contributed by atoms with Crippen LogP contribution in [0.3, 0.4) is 0 Å². The number of para-hydroxylation sites is 2. The molecule has 0 saturated carbocycles. The van der Waals surface area contributed by atoms with Crippen molar-refractivity contribution in [3.05, 3.63) is 69.8 Å². The smallest absolute Gasteiger partial charge is 0.311 e. The molecule has 3 aromatic rings. The molecular formula is C17H18N6O4. The van der Waals surface area contributed by atoms with Gasteiger partial charge in [-0.2, -0.15) is 10.2 Å². The highest BCUT2D eigenvalue weighted by Gasteiger charge is 2.15. The molecule has 0 aliphatic heterocycles. The van der Waals surface area contributed by atoms with Gasteiger partial charge in [-0.1, -0.05) is 12.1 Å². The van der Waals surface area contributed by atoms with Gasteiger partial charge in [-0.25, -0.2) is 4.68 Å². The van der Waals surface area contributed by atoms with Gasteiger partial charge >= 0.3 is 5.69 Å². The van der Waals surface area contributed by atoms with E-state index in [1.807, 2.05) is 20.0 Å². The van der Waals surface area contributed by atoms with Crippen molar-refractivity contribution in [2.24, 2.45) is 7.05 Å². The van der Waals surface area contributed by atoms with Gasteiger partial charge in [-0.05, 0) is 25.1 Å². The van der Waals surface area contributed by atoms with Gasteiger partial charge in [0, 0.05) is 19.3 Å². The molecule has 10 nitrogen and oxygen atoms in total. The zero-order valence-corrected chi connectivity index (χ0v) is 14.8. The summed E-state index contributed by atoms with van der Waals surface area (Å²) >= 11 is 0. The predicted octanol–water partition coefficient (Wildman–Crippen LogP) is 1.80. The zero-order chi connectivity index (χ0) is 19.4. The molecule has 1 N–H and O–H groups in total. The molecule has 140 valence electrons. The van der Waals surface area contributed by atoms with Crippen LogP contribution in [0.15, 0.2) is 42.6 Å². The number of aryl methyl sites for hydroxylation is 2. The van der Waals surface area contributed by atoms with Gasteiger partial charge in [0.15, 0.2) is 12.5 Å². The van der Waals surface area contributed by atoms with Crippen LogP contribution >= 0.6 is 0 Å². The van der Waals surface area contributed by atoms with E-state index in [1.54, 1.807) is 29.1 Å². The fourth-order valence-electron chi connectivity index (χ4n) is 2.51. The predicted molar refractivity (Wildman–Crippen MR) is 95.1 cm³/mol. The number of ether oxygens (including phenoxy) is 1. The average molecular weight is 370 g/mol. The van der Waals surface area contributed by atoms with Crippen LogP contribution in [0.4, 0.5) is 5.69 Å². The summed E-state index contributed by atoms with van der Waals surface area (Å²) in [7, 11) is 1.81. The van der Waals surface area contributed by atoms with Crippen molar-refractivity contribution in [2.75, 3.05) is 0 Å². The fraction of sp³-hybridized carbons (Fsp3) is 0.235. The fourth-order valence-corrected chi connectivity index (χ4v) is 2.51. The first-order valence-corrected chi connectivity index (χ1v) is 8.11. The van der Waals surface area contributed by atoms with Crippen LogP contribution in [-0.4, -0.2) is 30.4 Å². The molecule has 0 aliphatic rings. The van der Waals surface area contributed by atoms with E-state index in [9.17, 15) is 14.9 Å². The number of hydrogen-bond donors (Lipinski definition) is 1. The van der Waals surface area contributed by atoms with Gasteiger partial charge in [0.2, 0.25) is 0 Å². The number of nitrogens with zero attached hydrogens (tertiary/aromatic N) is 5.